The Morgan fingerprint density at radius 2 is 0.625 bits per heavy atom. The average Bonchev–Trinajstić information content (AvgIpc) is 3.16. The van der Waals surface area contributed by atoms with Crippen molar-refractivity contribution in [3.8, 4) is 34.5 Å². The van der Waals surface area contributed by atoms with Gasteiger partial charge in [-0.2, -0.15) is 0 Å². The van der Waals surface area contributed by atoms with Gasteiger partial charge in [-0.15, -0.1) is 0 Å². The van der Waals surface area contributed by atoms with Crippen LogP contribution in [0.1, 0.15) is 74.9 Å². The van der Waals surface area contributed by atoms with Gasteiger partial charge in [0.25, 0.3) is 0 Å². The Morgan fingerprint density at radius 1 is 0.411 bits per heavy atom. The highest BCUT2D eigenvalue weighted by Crippen LogP contribution is 2.46. The molecule has 2 N–H and O–H groups in total. The van der Waals surface area contributed by atoms with Gasteiger partial charge in [0.2, 0.25) is 0 Å². The van der Waals surface area contributed by atoms with Crippen LogP contribution in [0.4, 0.5) is 4.79 Å². The molecule has 0 amide bonds. The third-order valence-electron chi connectivity index (χ3n) is 10.4. The van der Waals surface area contributed by atoms with Crippen LogP contribution in [0.15, 0.2) is 146 Å². The summed E-state index contributed by atoms with van der Waals surface area (Å²) in [7, 11) is -3.52. The van der Waals surface area contributed by atoms with Crippen LogP contribution in [-0.2, 0) is 20.8 Å². The van der Waals surface area contributed by atoms with Crippen molar-refractivity contribution in [1.82, 2.24) is 0 Å². The van der Waals surface area contributed by atoms with Gasteiger partial charge in [-0.05, 0) is 106 Å². The van der Waals surface area contributed by atoms with Gasteiger partial charge < -0.3 is 28.7 Å². The summed E-state index contributed by atoms with van der Waals surface area (Å²) in [6, 6.07) is 43.6. The van der Waals surface area contributed by atoms with E-state index < -0.39 is 19.2 Å². The van der Waals surface area contributed by atoms with Crippen molar-refractivity contribution in [3.05, 3.63) is 179 Å². The molecule has 1 unspecified atom stereocenters. The molecule has 0 aliphatic rings. The first-order chi connectivity index (χ1) is 26.4. The second-order valence-electron chi connectivity index (χ2n) is 15.5. The van der Waals surface area contributed by atoms with Gasteiger partial charge in [0.15, 0.2) is 0 Å². The number of carbonyl (C=O) groups excluding carboxylic acids is 1. The van der Waals surface area contributed by atoms with Gasteiger partial charge in [0.05, 0.1) is 6.66 Å². The Labute approximate surface area is 328 Å². The smallest absolute Gasteiger partial charge is 0.508 e. The fraction of sp³-hybridized carbons (Fsp3) is 0.213. The number of hydrogen-bond acceptors (Lipinski definition) is 8. The molecular formula is C47H47O8P. The van der Waals surface area contributed by atoms with Gasteiger partial charge in [-0.25, -0.2) is 9.36 Å². The Morgan fingerprint density at radius 3 is 0.875 bits per heavy atom. The zero-order chi connectivity index (χ0) is 40.3. The Kier molecular flexibility index (Phi) is 11.1. The lowest BCUT2D eigenvalue weighted by atomic mass is 9.78. The minimum absolute atomic E-state index is 0.216. The minimum atomic E-state index is -3.52. The van der Waals surface area contributed by atoms with Gasteiger partial charge >= 0.3 is 13.8 Å². The van der Waals surface area contributed by atoms with E-state index in [1.165, 1.54) is 6.66 Å². The monoisotopic (exact) mass is 770 g/mol. The number of phenols is 2. The first-order valence-electron chi connectivity index (χ1n) is 18.3. The maximum absolute atomic E-state index is 13.4. The highest BCUT2D eigenvalue weighted by atomic mass is 31.2. The molecular weight excluding hydrogens is 723 g/mol. The minimum Gasteiger partial charge on any atom is -0.508 e. The first-order valence-corrected chi connectivity index (χ1v) is 20.3. The van der Waals surface area contributed by atoms with Crippen molar-refractivity contribution >= 4 is 13.8 Å². The molecule has 288 valence electrons. The molecule has 0 aromatic heterocycles. The van der Waals surface area contributed by atoms with Crippen molar-refractivity contribution < 1.29 is 38.1 Å². The third-order valence-corrected chi connectivity index (χ3v) is 11.5. The van der Waals surface area contributed by atoms with E-state index in [-0.39, 0.29) is 22.3 Å². The molecule has 0 saturated heterocycles. The third kappa shape index (κ3) is 9.10. The summed E-state index contributed by atoms with van der Waals surface area (Å²) in [6.45, 7) is 14.0. The standard InChI is InChI=1S/C47H47O8P/c1-45(2,32-8-20-38(48)21-9-32)34-12-24-40(25-13-34)52-44(50)53-41-26-14-35(15-27-41)47(5,6)37-18-30-43(31-19-37)55-56(7,51)54-42-28-16-36(17-29-42)46(3,4)33-10-22-39(49)23-11-33/h8-31,48-49H,1-7H3. The van der Waals surface area contributed by atoms with Gasteiger partial charge in [0, 0.05) is 16.2 Å². The van der Waals surface area contributed by atoms with Crippen LogP contribution >= 0.6 is 7.60 Å². The fourth-order valence-corrected chi connectivity index (χ4v) is 7.66. The number of hydrogen-bond donors (Lipinski definition) is 2. The summed E-state index contributed by atoms with van der Waals surface area (Å²) in [5, 5.41) is 19.3. The molecule has 0 bridgehead atoms. The molecule has 0 heterocycles. The van der Waals surface area contributed by atoms with Crippen molar-refractivity contribution in [2.45, 2.75) is 57.8 Å². The van der Waals surface area contributed by atoms with Crippen LogP contribution in [0.5, 0.6) is 34.5 Å². The molecule has 0 aliphatic carbocycles. The second-order valence-corrected chi connectivity index (χ2v) is 17.4. The van der Waals surface area contributed by atoms with E-state index in [2.05, 4.69) is 41.5 Å². The molecule has 0 fully saturated rings. The molecule has 6 aromatic rings. The normalized spacial score (nSPS) is 13.0. The second kappa shape index (κ2) is 15.6. The van der Waals surface area contributed by atoms with Crippen molar-refractivity contribution in [1.29, 1.82) is 0 Å². The molecule has 0 saturated carbocycles. The van der Waals surface area contributed by atoms with Crippen LogP contribution in [0, 0.1) is 0 Å². The molecule has 6 rings (SSSR count). The zero-order valence-electron chi connectivity index (χ0n) is 32.6. The van der Waals surface area contributed by atoms with E-state index in [1.807, 2.05) is 72.8 Å². The van der Waals surface area contributed by atoms with Gasteiger partial charge in [-0.3, -0.25) is 0 Å². The number of rotatable bonds is 12. The molecule has 56 heavy (non-hydrogen) atoms. The number of carbonyl (C=O) groups is 1. The van der Waals surface area contributed by atoms with Crippen LogP contribution in [0.3, 0.4) is 0 Å². The van der Waals surface area contributed by atoms with Crippen LogP contribution in [0.2, 0.25) is 0 Å². The summed E-state index contributed by atoms with van der Waals surface area (Å²) in [5.41, 5.74) is 5.08. The topological polar surface area (TPSA) is 112 Å². The maximum atomic E-state index is 13.4. The highest BCUT2D eigenvalue weighted by Gasteiger charge is 2.27. The molecule has 1 atom stereocenters. The van der Waals surface area contributed by atoms with E-state index in [9.17, 15) is 19.6 Å². The first kappa shape index (κ1) is 39.7. The van der Waals surface area contributed by atoms with E-state index in [0.717, 1.165) is 33.4 Å². The lowest BCUT2D eigenvalue weighted by molar-refractivity contribution is 0.152. The molecule has 8 nitrogen and oxygen atoms in total. The average molecular weight is 771 g/mol. The van der Waals surface area contributed by atoms with Crippen LogP contribution in [-0.4, -0.2) is 23.0 Å². The maximum Gasteiger partial charge on any atom is 0.519 e. The number of phenolic OH excluding ortho intramolecular Hbond substituents is 2. The number of ether oxygens (including phenoxy) is 2. The fourth-order valence-electron chi connectivity index (χ4n) is 6.62. The highest BCUT2D eigenvalue weighted by molar-refractivity contribution is 7.53. The van der Waals surface area contributed by atoms with E-state index in [4.69, 9.17) is 18.5 Å². The summed E-state index contributed by atoms with van der Waals surface area (Å²) >= 11 is 0. The van der Waals surface area contributed by atoms with E-state index in [1.54, 1.807) is 72.8 Å². The van der Waals surface area contributed by atoms with Crippen LogP contribution in [0.25, 0.3) is 0 Å². The predicted molar refractivity (Wildman–Crippen MR) is 220 cm³/mol. The van der Waals surface area contributed by atoms with E-state index in [0.29, 0.717) is 23.0 Å². The predicted octanol–water partition coefficient (Wildman–Crippen LogP) is 11.9. The largest absolute Gasteiger partial charge is 0.519 e. The van der Waals surface area contributed by atoms with Gasteiger partial charge in [-0.1, -0.05) is 114 Å². The quantitative estimate of drug-likeness (QED) is 0.0719. The molecule has 0 aliphatic heterocycles. The SMILES string of the molecule is CC(C)(c1ccc(O)cc1)c1ccc(OC(=O)Oc2ccc(C(C)(C)c3ccc(OP(C)(=O)Oc4ccc(C(C)(C)c5ccc(O)cc5)cc4)cc3)cc2)cc1. The molecule has 0 radical (unpaired) electrons. The van der Waals surface area contributed by atoms with Gasteiger partial charge in [0.1, 0.15) is 34.5 Å². The summed E-state index contributed by atoms with van der Waals surface area (Å²) in [6.07, 6.45) is -0.845. The van der Waals surface area contributed by atoms with Crippen molar-refractivity contribution in [2.75, 3.05) is 6.66 Å². The molecule has 6 aromatic carbocycles. The number of benzene rings is 6. The zero-order valence-corrected chi connectivity index (χ0v) is 33.5. The van der Waals surface area contributed by atoms with E-state index >= 15 is 0 Å². The summed E-state index contributed by atoms with van der Waals surface area (Å²) in [4.78, 5) is 12.6. The van der Waals surface area contributed by atoms with Crippen molar-refractivity contribution in [2.24, 2.45) is 0 Å². The summed E-state index contributed by atoms with van der Waals surface area (Å²) in [5.74, 6) is 1.99. The molecule has 9 heteroatoms. The Hall–Kier alpha value is -5.98. The Bertz CT molecular complexity index is 2310. The van der Waals surface area contributed by atoms with Crippen LogP contribution < -0.4 is 18.5 Å². The molecule has 0 spiro atoms. The number of aromatic hydroxyl groups is 2. The Balaban J connectivity index is 1.03. The lowest BCUT2D eigenvalue weighted by Gasteiger charge is -2.27. The summed E-state index contributed by atoms with van der Waals surface area (Å²) < 4.78 is 36.0. The van der Waals surface area contributed by atoms with Crippen molar-refractivity contribution in [3.63, 3.8) is 0 Å². The lowest BCUT2D eigenvalue weighted by Crippen LogP contribution is -2.19.